The number of hydrogen-bond donors (Lipinski definition) is 1. The summed E-state index contributed by atoms with van der Waals surface area (Å²) in [5.41, 5.74) is 4.65. The van der Waals surface area contributed by atoms with Gasteiger partial charge in [-0.1, -0.05) is 25.0 Å². The minimum Gasteiger partial charge on any atom is -0.386 e. The molecular formula is C19H31NO. The van der Waals surface area contributed by atoms with E-state index in [1.54, 1.807) is 0 Å². The van der Waals surface area contributed by atoms with Crippen molar-refractivity contribution in [3.8, 4) is 0 Å². The van der Waals surface area contributed by atoms with Crippen LogP contribution in [0, 0.1) is 20.8 Å². The van der Waals surface area contributed by atoms with Crippen LogP contribution >= 0.6 is 0 Å². The molecule has 1 fully saturated rings. The molecule has 1 unspecified atom stereocenters. The summed E-state index contributed by atoms with van der Waals surface area (Å²) in [5, 5.41) is 11.0. The Kier molecular flexibility index (Phi) is 5.11. The van der Waals surface area contributed by atoms with Gasteiger partial charge in [-0.05, 0) is 82.8 Å². The van der Waals surface area contributed by atoms with Gasteiger partial charge in [0.1, 0.15) is 0 Å². The van der Waals surface area contributed by atoms with E-state index >= 15 is 0 Å². The van der Waals surface area contributed by atoms with Gasteiger partial charge in [0.25, 0.3) is 0 Å². The molecule has 1 aromatic carbocycles. The molecule has 1 atom stereocenters. The molecule has 0 saturated carbocycles. The van der Waals surface area contributed by atoms with E-state index in [0.717, 1.165) is 18.7 Å². The first-order valence-corrected chi connectivity index (χ1v) is 8.35. The molecule has 0 spiro atoms. The van der Waals surface area contributed by atoms with Crippen molar-refractivity contribution in [2.75, 3.05) is 13.1 Å². The highest BCUT2D eigenvalue weighted by Crippen LogP contribution is 2.35. The van der Waals surface area contributed by atoms with Gasteiger partial charge in [0.2, 0.25) is 0 Å². The molecule has 1 aromatic rings. The fourth-order valence-corrected chi connectivity index (χ4v) is 3.48. The average Bonchev–Trinajstić information content (AvgIpc) is 2.71. The van der Waals surface area contributed by atoms with E-state index in [0.29, 0.717) is 0 Å². The predicted molar refractivity (Wildman–Crippen MR) is 89.7 cm³/mol. The summed E-state index contributed by atoms with van der Waals surface area (Å²) in [6.07, 6.45) is 4.72. The van der Waals surface area contributed by atoms with Gasteiger partial charge in [-0.25, -0.2) is 0 Å². The molecule has 0 aliphatic carbocycles. The lowest BCUT2D eigenvalue weighted by Gasteiger charge is -2.42. The minimum absolute atomic E-state index is 0.212. The number of aliphatic hydroxyl groups excluding tert-OH is 1. The second kappa shape index (κ2) is 6.50. The second-order valence-electron chi connectivity index (χ2n) is 7.25. The van der Waals surface area contributed by atoms with Gasteiger partial charge in [0.15, 0.2) is 0 Å². The van der Waals surface area contributed by atoms with Crippen LogP contribution in [0.15, 0.2) is 12.1 Å². The molecule has 1 aliphatic rings. The van der Waals surface area contributed by atoms with Crippen molar-refractivity contribution in [2.24, 2.45) is 0 Å². The fraction of sp³-hybridized carbons (Fsp3) is 0.684. The molecule has 1 saturated heterocycles. The Morgan fingerprint density at radius 1 is 0.905 bits per heavy atom. The molecule has 21 heavy (non-hydrogen) atoms. The Labute approximate surface area is 130 Å². The molecule has 1 aliphatic heterocycles. The molecule has 0 amide bonds. The standard InChI is InChI=1S/C19H31NO/c1-14-12-16(3)17(13-15(14)2)18(21)19(4,5)20-10-8-6-7-9-11-20/h12-13,18,21H,6-11H2,1-5H3. The van der Waals surface area contributed by atoms with Crippen molar-refractivity contribution >= 4 is 0 Å². The number of benzene rings is 1. The van der Waals surface area contributed by atoms with Crippen LogP contribution in [0.25, 0.3) is 0 Å². The normalized spacial score (nSPS) is 19.3. The Balaban J connectivity index is 2.28. The van der Waals surface area contributed by atoms with Crippen LogP contribution < -0.4 is 0 Å². The number of likely N-dealkylation sites (tertiary alicyclic amines) is 1. The van der Waals surface area contributed by atoms with E-state index in [2.05, 4.69) is 51.7 Å². The van der Waals surface area contributed by atoms with E-state index in [-0.39, 0.29) is 5.54 Å². The van der Waals surface area contributed by atoms with Crippen molar-refractivity contribution < 1.29 is 5.11 Å². The van der Waals surface area contributed by atoms with Gasteiger partial charge < -0.3 is 5.11 Å². The van der Waals surface area contributed by atoms with Gasteiger partial charge in [0.05, 0.1) is 6.10 Å². The van der Waals surface area contributed by atoms with Gasteiger partial charge in [-0.15, -0.1) is 0 Å². The summed E-state index contributed by atoms with van der Waals surface area (Å²) < 4.78 is 0. The predicted octanol–water partition coefficient (Wildman–Crippen LogP) is 4.30. The van der Waals surface area contributed by atoms with Crippen LogP contribution in [0.1, 0.15) is 67.9 Å². The van der Waals surface area contributed by atoms with Gasteiger partial charge in [-0.3, -0.25) is 4.90 Å². The first-order valence-electron chi connectivity index (χ1n) is 8.35. The van der Waals surface area contributed by atoms with Crippen molar-refractivity contribution in [1.82, 2.24) is 4.90 Å². The summed E-state index contributed by atoms with van der Waals surface area (Å²) >= 11 is 0. The van der Waals surface area contributed by atoms with Crippen molar-refractivity contribution in [1.29, 1.82) is 0 Å². The smallest absolute Gasteiger partial charge is 0.0970 e. The molecule has 2 heteroatoms. The largest absolute Gasteiger partial charge is 0.386 e. The Hall–Kier alpha value is -0.860. The van der Waals surface area contributed by atoms with E-state index in [1.165, 1.54) is 42.4 Å². The third-order valence-corrected chi connectivity index (χ3v) is 5.27. The van der Waals surface area contributed by atoms with E-state index in [4.69, 9.17) is 0 Å². The quantitative estimate of drug-likeness (QED) is 0.897. The molecule has 0 bridgehead atoms. The highest BCUT2D eigenvalue weighted by Gasteiger charge is 2.36. The average molecular weight is 289 g/mol. The van der Waals surface area contributed by atoms with Crippen molar-refractivity contribution in [3.63, 3.8) is 0 Å². The summed E-state index contributed by atoms with van der Waals surface area (Å²) in [5.74, 6) is 0. The van der Waals surface area contributed by atoms with E-state index in [9.17, 15) is 5.11 Å². The maximum atomic E-state index is 11.0. The number of rotatable bonds is 3. The first-order chi connectivity index (χ1) is 9.84. The minimum atomic E-state index is -0.435. The summed E-state index contributed by atoms with van der Waals surface area (Å²) in [6, 6.07) is 4.38. The van der Waals surface area contributed by atoms with Gasteiger partial charge in [0, 0.05) is 5.54 Å². The maximum absolute atomic E-state index is 11.0. The van der Waals surface area contributed by atoms with Crippen LogP contribution in [0.4, 0.5) is 0 Å². The molecule has 2 nitrogen and oxygen atoms in total. The lowest BCUT2D eigenvalue weighted by Crippen LogP contribution is -2.49. The SMILES string of the molecule is Cc1cc(C)c(C(O)C(C)(C)N2CCCCCC2)cc1C. The third kappa shape index (κ3) is 3.49. The van der Waals surface area contributed by atoms with Gasteiger partial charge >= 0.3 is 0 Å². The van der Waals surface area contributed by atoms with Gasteiger partial charge in [-0.2, -0.15) is 0 Å². The molecule has 1 N–H and O–H groups in total. The van der Waals surface area contributed by atoms with Crippen LogP contribution in [0.3, 0.4) is 0 Å². The second-order valence-corrected chi connectivity index (χ2v) is 7.25. The lowest BCUT2D eigenvalue weighted by molar-refractivity contribution is -0.0104. The van der Waals surface area contributed by atoms with Crippen molar-refractivity contribution in [3.05, 3.63) is 34.4 Å². The number of hydrogen-bond acceptors (Lipinski definition) is 2. The maximum Gasteiger partial charge on any atom is 0.0970 e. The zero-order valence-corrected chi connectivity index (χ0v) is 14.4. The monoisotopic (exact) mass is 289 g/mol. The molecule has 1 heterocycles. The summed E-state index contributed by atoms with van der Waals surface area (Å²) in [7, 11) is 0. The summed E-state index contributed by atoms with van der Waals surface area (Å²) in [4.78, 5) is 2.49. The Morgan fingerprint density at radius 2 is 1.43 bits per heavy atom. The number of aliphatic hydroxyl groups is 1. The molecule has 118 valence electrons. The highest BCUT2D eigenvalue weighted by molar-refractivity contribution is 5.38. The number of nitrogens with zero attached hydrogens (tertiary/aromatic N) is 1. The zero-order chi connectivity index (χ0) is 15.6. The van der Waals surface area contributed by atoms with Crippen LogP contribution in [0.5, 0.6) is 0 Å². The Bertz CT molecular complexity index is 485. The molecule has 0 radical (unpaired) electrons. The van der Waals surface area contributed by atoms with Crippen molar-refractivity contribution in [2.45, 2.75) is 71.9 Å². The Morgan fingerprint density at radius 3 is 2.00 bits per heavy atom. The number of aryl methyl sites for hydroxylation is 3. The molecule has 2 rings (SSSR count). The topological polar surface area (TPSA) is 23.5 Å². The van der Waals surface area contributed by atoms with Crippen LogP contribution in [0.2, 0.25) is 0 Å². The van der Waals surface area contributed by atoms with E-state index < -0.39 is 6.10 Å². The molecular weight excluding hydrogens is 258 g/mol. The van der Waals surface area contributed by atoms with E-state index in [1.807, 2.05) is 0 Å². The zero-order valence-electron chi connectivity index (χ0n) is 14.4. The van der Waals surface area contributed by atoms with Crippen LogP contribution in [-0.4, -0.2) is 28.6 Å². The summed E-state index contributed by atoms with van der Waals surface area (Å²) in [6.45, 7) is 13.0. The highest BCUT2D eigenvalue weighted by atomic mass is 16.3. The fourth-order valence-electron chi connectivity index (χ4n) is 3.48. The lowest BCUT2D eigenvalue weighted by atomic mass is 9.85. The van der Waals surface area contributed by atoms with Crippen LogP contribution in [-0.2, 0) is 0 Å². The first kappa shape index (κ1) is 16.5. The third-order valence-electron chi connectivity index (χ3n) is 5.27. The molecule has 0 aromatic heterocycles.